The summed E-state index contributed by atoms with van der Waals surface area (Å²) in [6.45, 7) is 0.365. The van der Waals surface area contributed by atoms with Crippen LogP contribution in [0, 0.1) is 0 Å². The van der Waals surface area contributed by atoms with Gasteiger partial charge in [0.15, 0.2) is 0 Å². The first kappa shape index (κ1) is 43.2. The number of hydrogen-bond acceptors (Lipinski definition) is 13. The summed E-state index contributed by atoms with van der Waals surface area (Å²) in [6, 6.07) is 25.4. The van der Waals surface area contributed by atoms with E-state index in [4.69, 9.17) is 46.9 Å². The van der Waals surface area contributed by atoms with Crippen LogP contribution in [0.3, 0.4) is 0 Å². The van der Waals surface area contributed by atoms with Gasteiger partial charge in [-0.2, -0.15) is 0 Å². The Morgan fingerprint density at radius 1 is 0.474 bits per heavy atom. The number of benzene rings is 4. The Kier molecular flexibility index (Phi) is 15.2. The quantitative estimate of drug-likeness (QED) is 0.0766. The second-order valence-corrected chi connectivity index (χ2v) is 15.0. The summed E-state index contributed by atoms with van der Waals surface area (Å²) in [5.41, 5.74) is 4.59. The van der Waals surface area contributed by atoms with Crippen molar-refractivity contribution in [3.63, 3.8) is 0 Å². The van der Waals surface area contributed by atoms with Crippen LogP contribution in [-0.2, 0) is 27.1 Å². The molecule has 0 saturated carbocycles. The van der Waals surface area contributed by atoms with Gasteiger partial charge in [-0.25, -0.2) is 0 Å². The fraction of sp³-hybridized carbons (Fsp3) is 0.429. The van der Waals surface area contributed by atoms with Crippen LogP contribution < -0.4 is 9.47 Å². The molecule has 6 rings (SSSR count). The maximum absolute atomic E-state index is 10.5. The molecule has 308 valence electrons. The lowest BCUT2D eigenvalue weighted by molar-refractivity contribution is -0.231. The lowest BCUT2D eigenvalue weighted by atomic mass is 9.90. The van der Waals surface area contributed by atoms with E-state index in [1.165, 1.54) is 0 Å². The monoisotopic (exact) mass is 830 g/mol. The van der Waals surface area contributed by atoms with Gasteiger partial charge in [0.2, 0.25) is 0 Å². The molecule has 57 heavy (non-hydrogen) atoms. The first-order chi connectivity index (χ1) is 27.5. The van der Waals surface area contributed by atoms with Crippen LogP contribution >= 0.6 is 23.2 Å². The summed E-state index contributed by atoms with van der Waals surface area (Å²) in [6.07, 6.45) is -11.5. The Bertz CT molecular complexity index is 1740. The predicted molar refractivity (Wildman–Crippen MR) is 209 cm³/mol. The molecule has 0 amide bonds. The molecule has 2 fully saturated rings. The fourth-order valence-corrected chi connectivity index (χ4v) is 7.32. The third-order valence-corrected chi connectivity index (χ3v) is 10.9. The molecule has 4 aromatic rings. The van der Waals surface area contributed by atoms with Gasteiger partial charge in [-0.15, -0.1) is 0 Å². The van der Waals surface area contributed by atoms with Crippen LogP contribution in [0.25, 0.3) is 0 Å². The molecule has 0 radical (unpaired) electrons. The average Bonchev–Trinajstić information content (AvgIpc) is 3.22. The van der Waals surface area contributed by atoms with Crippen molar-refractivity contribution in [2.45, 2.75) is 73.9 Å². The lowest BCUT2D eigenvalue weighted by Crippen LogP contribution is -2.55. The summed E-state index contributed by atoms with van der Waals surface area (Å²) >= 11 is 13.0. The molecular formula is C42H48Cl2O13. The van der Waals surface area contributed by atoms with Gasteiger partial charge < -0.3 is 64.5 Å². The van der Waals surface area contributed by atoms with Gasteiger partial charge in [0, 0.05) is 10.0 Å². The number of halogens is 2. The van der Waals surface area contributed by atoms with Crippen LogP contribution in [-0.4, -0.2) is 129 Å². The topological polar surface area (TPSA) is 208 Å². The molecule has 0 unspecified atom stereocenters. The smallest absolute Gasteiger partial charge is 0.119 e. The zero-order valence-electron chi connectivity index (χ0n) is 30.9. The van der Waals surface area contributed by atoms with Crippen LogP contribution in [0.15, 0.2) is 84.9 Å². The molecule has 2 saturated heterocycles. The highest BCUT2D eigenvalue weighted by molar-refractivity contribution is 6.31. The van der Waals surface area contributed by atoms with Gasteiger partial charge in [-0.05, 0) is 82.6 Å². The third-order valence-electron chi connectivity index (χ3n) is 10.2. The minimum atomic E-state index is -1.47. The molecule has 13 nitrogen and oxygen atoms in total. The molecule has 0 aliphatic carbocycles. The highest BCUT2D eigenvalue weighted by Crippen LogP contribution is 2.36. The summed E-state index contributed by atoms with van der Waals surface area (Å²) in [5, 5.41) is 81.9. The zero-order valence-corrected chi connectivity index (χ0v) is 32.4. The lowest BCUT2D eigenvalue weighted by Gasteiger charge is -2.40. The molecule has 8 N–H and O–H groups in total. The van der Waals surface area contributed by atoms with E-state index in [9.17, 15) is 40.9 Å². The highest BCUT2D eigenvalue weighted by Gasteiger charge is 2.45. The number of aliphatic hydroxyl groups is 8. The molecule has 0 bridgehead atoms. The van der Waals surface area contributed by atoms with Crippen LogP contribution in [0.5, 0.6) is 11.5 Å². The Labute approximate surface area is 340 Å². The van der Waals surface area contributed by atoms with E-state index in [0.717, 1.165) is 22.3 Å². The average molecular weight is 832 g/mol. The second kappa shape index (κ2) is 20.1. The standard InChI is InChI=1S/C42H48Cl2O13/c43-31-11-5-25(41-39(51)37(49)35(47)33(21-45)56-41)19-27(31)17-23-1-7-29(8-2-23)54-15-13-53-14-16-55-30-9-3-24(4-10-30)18-28-20-26(6-12-32(28)44)42-40(52)38(50)36(48)34(22-46)57-42/h1-12,19-20,33-42,45-52H,13-18,21-22H2/t33-,34-,35-,36-,37+,38+,39-,40-,41+,42+/m1/s1. The number of ether oxygens (including phenoxy) is 5. The molecule has 0 aromatic heterocycles. The Morgan fingerprint density at radius 3 is 1.23 bits per heavy atom. The Hall–Kier alpha value is -3.38. The van der Waals surface area contributed by atoms with Crippen molar-refractivity contribution in [1.82, 2.24) is 0 Å². The zero-order chi connectivity index (χ0) is 40.6. The number of rotatable bonds is 16. The predicted octanol–water partition coefficient (Wildman–Crippen LogP) is 2.68. The summed E-state index contributed by atoms with van der Waals surface area (Å²) in [4.78, 5) is 0. The molecule has 2 aliphatic rings. The van der Waals surface area contributed by atoms with Gasteiger partial charge in [-0.3, -0.25) is 0 Å². The molecule has 2 aliphatic heterocycles. The maximum Gasteiger partial charge on any atom is 0.119 e. The molecule has 10 atom stereocenters. The van der Waals surface area contributed by atoms with Crippen molar-refractivity contribution in [2.75, 3.05) is 39.6 Å². The largest absolute Gasteiger partial charge is 0.491 e. The minimum absolute atomic E-state index is 0.334. The van der Waals surface area contributed by atoms with E-state index >= 15 is 0 Å². The van der Waals surface area contributed by atoms with Crippen LogP contribution in [0.4, 0.5) is 0 Å². The summed E-state index contributed by atoms with van der Waals surface area (Å²) in [7, 11) is 0. The van der Waals surface area contributed by atoms with Gasteiger partial charge >= 0.3 is 0 Å². The Morgan fingerprint density at radius 2 is 0.860 bits per heavy atom. The van der Waals surface area contributed by atoms with Crippen molar-refractivity contribution < 1.29 is 64.5 Å². The second-order valence-electron chi connectivity index (χ2n) is 14.2. The van der Waals surface area contributed by atoms with E-state index in [1.807, 2.05) is 48.5 Å². The van der Waals surface area contributed by atoms with E-state index in [0.29, 0.717) is 71.9 Å². The van der Waals surface area contributed by atoms with E-state index in [-0.39, 0.29) is 0 Å². The van der Waals surface area contributed by atoms with E-state index < -0.39 is 74.3 Å². The fourth-order valence-electron chi connectivity index (χ4n) is 6.95. The van der Waals surface area contributed by atoms with Crippen LogP contribution in [0.1, 0.15) is 45.6 Å². The van der Waals surface area contributed by atoms with Gasteiger partial charge in [0.25, 0.3) is 0 Å². The molecule has 2 heterocycles. The van der Waals surface area contributed by atoms with Crippen molar-refractivity contribution in [3.8, 4) is 11.5 Å². The van der Waals surface area contributed by atoms with Gasteiger partial charge in [0.1, 0.15) is 85.8 Å². The normalized spacial score (nSPS) is 27.6. The highest BCUT2D eigenvalue weighted by atomic mass is 35.5. The van der Waals surface area contributed by atoms with Gasteiger partial charge in [0.05, 0.1) is 26.4 Å². The van der Waals surface area contributed by atoms with Crippen LogP contribution in [0.2, 0.25) is 10.0 Å². The SMILES string of the molecule is OC[C@H]1O[C@@H](c2ccc(Cl)c(Cc3ccc(OCCOCCOc4ccc(Cc5cc([C@@H]6O[C@H](CO)[C@@H](O)[C@H](O)[C@H]6O)ccc5Cl)cc4)cc3)c2)[C@H](O)[C@@H](O)[C@@H]1O. The number of aliphatic hydroxyl groups excluding tert-OH is 8. The van der Waals surface area contributed by atoms with Crippen molar-refractivity contribution in [3.05, 3.63) is 128 Å². The van der Waals surface area contributed by atoms with Crippen molar-refractivity contribution in [1.29, 1.82) is 0 Å². The van der Waals surface area contributed by atoms with E-state index in [2.05, 4.69) is 0 Å². The molecular weight excluding hydrogens is 783 g/mol. The molecule has 4 aromatic carbocycles. The minimum Gasteiger partial charge on any atom is -0.491 e. The molecule has 0 spiro atoms. The first-order valence-corrected chi connectivity index (χ1v) is 19.4. The third kappa shape index (κ3) is 10.6. The van der Waals surface area contributed by atoms with Crippen molar-refractivity contribution >= 4 is 23.2 Å². The van der Waals surface area contributed by atoms with E-state index in [1.54, 1.807) is 36.4 Å². The summed E-state index contributed by atoms with van der Waals surface area (Å²) < 4.78 is 28.7. The number of hydrogen-bond donors (Lipinski definition) is 8. The first-order valence-electron chi connectivity index (χ1n) is 18.7. The van der Waals surface area contributed by atoms with Crippen molar-refractivity contribution in [2.24, 2.45) is 0 Å². The molecule has 15 heteroatoms. The Balaban J connectivity index is 0.907. The van der Waals surface area contributed by atoms with Gasteiger partial charge in [-0.1, -0.05) is 71.7 Å². The summed E-state index contributed by atoms with van der Waals surface area (Å²) in [5.74, 6) is 1.34. The maximum atomic E-state index is 10.5.